The van der Waals surface area contributed by atoms with E-state index in [9.17, 15) is 9.59 Å². The van der Waals surface area contributed by atoms with Crippen molar-refractivity contribution in [1.29, 1.82) is 0 Å². The average Bonchev–Trinajstić information content (AvgIpc) is 2.81. The Morgan fingerprint density at radius 3 is 2.85 bits per heavy atom. The SMILES string of the molecule is CC1CC(C(=O)O)CN(C(=O)CCn2cc(Cl)cn2)C1. The molecule has 1 amide bonds. The minimum Gasteiger partial charge on any atom is -0.481 e. The lowest BCUT2D eigenvalue weighted by Gasteiger charge is -2.34. The number of aromatic nitrogens is 2. The van der Waals surface area contributed by atoms with Crippen LogP contribution in [0.4, 0.5) is 0 Å². The predicted octanol–water partition coefficient (Wildman–Crippen LogP) is 1.50. The largest absolute Gasteiger partial charge is 0.481 e. The smallest absolute Gasteiger partial charge is 0.308 e. The van der Waals surface area contributed by atoms with Gasteiger partial charge in [0.15, 0.2) is 0 Å². The summed E-state index contributed by atoms with van der Waals surface area (Å²) in [6, 6.07) is 0. The number of piperidine rings is 1. The molecule has 0 radical (unpaired) electrons. The third-order valence-electron chi connectivity index (χ3n) is 3.52. The molecule has 2 heterocycles. The molecular weight excluding hydrogens is 282 g/mol. The van der Waals surface area contributed by atoms with Crippen LogP contribution in [0.25, 0.3) is 0 Å². The second kappa shape index (κ2) is 6.26. The molecule has 1 N–H and O–H groups in total. The van der Waals surface area contributed by atoms with Crippen molar-refractivity contribution in [2.75, 3.05) is 13.1 Å². The maximum Gasteiger partial charge on any atom is 0.308 e. The number of nitrogens with zero attached hydrogens (tertiary/aromatic N) is 3. The van der Waals surface area contributed by atoms with Crippen LogP contribution in [0.1, 0.15) is 19.8 Å². The number of rotatable bonds is 4. The minimum atomic E-state index is -0.826. The highest BCUT2D eigenvalue weighted by Crippen LogP contribution is 2.22. The fourth-order valence-electron chi connectivity index (χ4n) is 2.56. The molecule has 2 atom stereocenters. The van der Waals surface area contributed by atoms with E-state index >= 15 is 0 Å². The quantitative estimate of drug-likeness (QED) is 0.914. The van der Waals surface area contributed by atoms with Crippen molar-refractivity contribution in [3.8, 4) is 0 Å². The molecule has 0 spiro atoms. The Kier molecular flexibility index (Phi) is 4.65. The van der Waals surface area contributed by atoms with Crippen LogP contribution in [0.2, 0.25) is 5.02 Å². The molecule has 0 aromatic carbocycles. The van der Waals surface area contributed by atoms with Gasteiger partial charge in [0.05, 0.1) is 17.1 Å². The van der Waals surface area contributed by atoms with E-state index in [4.69, 9.17) is 16.7 Å². The van der Waals surface area contributed by atoms with E-state index < -0.39 is 11.9 Å². The second-order valence-corrected chi connectivity index (χ2v) is 5.78. The third kappa shape index (κ3) is 3.72. The molecule has 1 fully saturated rings. The molecule has 1 aliphatic heterocycles. The van der Waals surface area contributed by atoms with Gasteiger partial charge in [-0.25, -0.2) is 0 Å². The Balaban J connectivity index is 1.89. The highest BCUT2D eigenvalue weighted by Gasteiger charge is 2.31. The van der Waals surface area contributed by atoms with Crippen LogP contribution in [-0.2, 0) is 16.1 Å². The number of likely N-dealkylation sites (tertiary alicyclic amines) is 1. The van der Waals surface area contributed by atoms with Crippen LogP contribution in [0.3, 0.4) is 0 Å². The van der Waals surface area contributed by atoms with Crippen molar-refractivity contribution >= 4 is 23.5 Å². The van der Waals surface area contributed by atoms with Gasteiger partial charge in [-0.15, -0.1) is 0 Å². The number of halogens is 1. The molecule has 20 heavy (non-hydrogen) atoms. The summed E-state index contributed by atoms with van der Waals surface area (Å²) in [7, 11) is 0. The Hall–Kier alpha value is -1.56. The van der Waals surface area contributed by atoms with Crippen molar-refractivity contribution in [1.82, 2.24) is 14.7 Å². The fraction of sp³-hybridized carbons (Fsp3) is 0.615. The Morgan fingerprint density at radius 2 is 2.25 bits per heavy atom. The lowest BCUT2D eigenvalue weighted by Crippen LogP contribution is -2.45. The minimum absolute atomic E-state index is 0.0329. The van der Waals surface area contributed by atoms with Gasteiger partial charge in [-0.2, -0.15) is 5.10 Å². The Morgan fingerprint density at radius 1 is 1.50 bits per heavy atom. The fourth-order valence-corrected chi connectivity index (χ4v) is 2.72. The summed E-state index contributed by atoms with van der Waals surface area (Å²) >= 11 is 5.75. The van der Waals surface area contributed by atoms with Gasteiger partial charge in [0.25, 0.3) is 0 Å². The number of carbonyl (C=O) groups excluding carboxylic acids is 1. The number of carbonyl (C=O) groups is 2. The molecule has 0 bridgehead atoms. The number of hydrogen-bond donors (Lipinski definition) is 1. The zero-order valence-electron chi connectivity index (χ0n) is 11.3. The van der Waals surface area contributed by atoms with E-state index in [1.807, 2.05) is 6.92 Å². The number of aliphatic carboxylic acids is 1. The van der Waals surface area contributed by atoms with Crippen molar-refractivity contribution in [3.63, 3.8) is 0 Å². The summed E-state index contributed by atoms with van der Waals surface area (Å²) in [6.07, 6.45) is 4.12. The number of carboxylic acid groups (broad SMARTS) is 1. The average molecular weight is 300 g/mol. The molecule has 1 aliphatic rings. The molecule has 2 unspecified atom stereocenters. The molecule has 1 aromatic rings. The van der Waals surface area contributed by atoms with Gasteiger partial charge in [0, 0.05) is 32.3 Å². The van der Waals surface area contributed by atoms with E-state index in [-0.39, 0.29) is 11.8 Å². The molecule has 2 rings (SSSR count). The van der Waals surface area contributed by atoms with E-state index in [0.29, 0.717) is 37.5 Å². The van der Waals surface area contributed by atoms with Gasteiger partial charge in [0.1, 0.15) is 0 Å². The van der Waals surface area contributed by atoms with Crippen LogP contribution in [0.5, 0.6) is 0 Å². The van der Waals surface area contributed by atoms with Gasteiger partial charge >= 0.3 is 5.97 Å². The van der Waals surface area contributed by atoms with Crippen LogP contribution in [-0.4, -0.2) is 44.8 Å². The molecule has 110 valence electrons. The summed E-state index contributed by atoms with van der Waals surface area (Å²) in [6.45, 7) is 3.36. The summed E-state index contributed by atoms with van der Waals surface area (Å²) in [5.74, 6) is -1.10. The van der Waals surface area contributed by atoms with Gasteiger partial charge in [0.2, 0.25) is 5.91 Å². The first-order valence-electron chi connectivity index (χ1n) is 6.64. The summed E-state index contributed by atoms with van der Waals surface area (Å²) in [5.41, 5.74) is 0. The van der Waals surface area contributed by atoms with E-state index in [2.05, 4.69) is 5.10 Å². The van der Waals surface area contributed by atoms with E-state index in [0.717, 1.165) is 0 Å². The number of carboxylic acids is 1. The number of aryl methyl sites for hydroxylation is 1. The summed E-state index contributed by atoms with van der Waals surface area (Å²) in [5, 5.41) is 13.6. The highest BCUT2D eigenvalue weighted by atomic mass is 35.5. The summed E-state index contributed by atoms with van der Waals surface area (Å²) < 4.78 is 1.61. The van der Waals surface area contributed by atoms with Crippen molar-refractivity contribution in [3.05, 3.63) is 17.4 Å². The van der Waals surface area contributed by atoms with E-state index in [1.54, 1.807) is 15.8 Å². The standard InChI is InChI=1S/C13H18ClN3O3/c1-9-4-10(13(19)20)7-16(6-9)12(18)2-3-17-8-11(14)5-15-17/h5,8-10H,2-4,6-7H2,1H3,(H,19,20). The van der Waals surface area contributed by atoms with E-state index in [1.165, 1.54) is 6.20 Å². The van der Waals surface area contributed by atoms with Gasteiger partial charge in [-0.3, -0.25) is 14.3 Å². The normalized spacial score (nSPS) is 22.8. The van der Waals surface area contributed by atoms with Gasteiger partial charge in [-0.05, 0) is 12.3 Å². The Bertz CT molecular complexity index is 503. The first-order chi connectivity index (χ1) is 9.45. The molecule has 6 nitrogen and oxygen atoms in total. The molecular formula is C13H18ClN3O3. The molecule has 0 aliphatic carbocycles. The van der Waals surface area contributed by atoms with Crippen LogP contribution < -0.4 is 0 Å². The topological polar surface area (TPSA) is 75.4 Å². The maximum absolute atomic E-state index is 12.2. The number of hydrogen-bond acceptors (Lipinski definition) is 3. The van der Waals surface area contributed by atoms with Crippen molar-refractivity contribution < 1.29 is 14.7 Å². The van der Waals surface area contributed by atoms with Crippen LogP contribution in [0.15, 0.2) is 12.4 Å². The second-order valence-electron chi connectivity index (χ2n) is 5.35. The lowest BCUT2D eigenvalue weighted by atomic mass is 9.90. The number of amides is 1. The van der Waals surface area contributed by atoms with Crippen LogP contribution in [0, 0.1) is 11.8 Å². The maximum atomic E-state index is 12.2. The molecule has 0 saturated carbocycles. The first kappa shape index (κ1) is 14.8. The van der Waals surface area contributed by atoms with Crippen molar-refractivity contribution in [2.45, 2.75) is 26.3 Å². The Labute approximate surface area is 122 Å². The highest BCUT2D eigenvalue weighted by molar-refractivity contribution is 6.30. The summed E-state index contributed by atoms with van der Waals surface area (Å²) in [4.78, 5) is 24.9. The molecule has 7 heteroatoms. The predicted molar refractivity (Wildman–Crippen MR) is 73.3 cm³/mol. The third-order valence-corrected chi connectivity index (χ3v) is 3.71. The molecule has 1 aromatic heterocycles. The van der Waals surface area contributed by atoms with Gasteiger partial charge < -0.3 is 10.0 Å². The molecule has 1 saturated heterocycles. The van der Waals surface area contributed by atoms with Gasteiger partial charge in [-0.1, -0.05) is 18.5 Å². The zero-order valence-corrected chi connectivity index (χ0v) is 12.1. The van der Waals surface area contributed by atoms with Crippen LogP contribution >= 0.6 is 11.6 Å². The first-order valence-corrected chi connectivity index (χ1v) is 7.02. The van der Waals surface area contributed by atoms with Crippen molar-refractivity contribution in [2.24, 2.45) is 11.8 Å². The zero-order chi connectivity index (χ0) is 14.7. The lowest BCUT2D eigenvalue weighted by molar-refractivity contribution is -0.147. The monoisotopic (exact) mass is 299 g/mol.